The lowest BCUT2D eigenvalue weighted by molar-refractivity contribution is -0.149. The standard InChI is InChI=1S/C18H30N2O6/c1-7-25-15(22)12-8-18(11-24-10-14(21)19(5)6)9-13(18)20(12)16(23)26-17(2,3)4/h12-13H,7-11H2,1-6H3/t12-,13?,18-/m0/s1. The van der Waals surface area contributed by atoms with Crippen molar-refractivity contribution in [3.63, 3.8) is 0 Å². The van der Waals surface area contributed by atoms with E-state index in [-0.39, 0.29) is 30.6 Å². The van der Waals surface area contributed by atoms with Gasteiger partial charge in [0.25, 0.3) is 0 Å². The molecule has 1 saturated heterocycles. The molecular formula is C18H30N2O6. The van der Waals surface area contributed by atoms with E-state index in [2.05, 4.69) is 0 Å². The highest BCUT2D eigenvalue weighted by Crippen LogP contribution is 2.60. The summed E-state index contributed by atoms with van der Waals surface area (Å²) in [4.78, 5) is 39.6. The monoisotopic (exact) mass is 370 g/mol. The third-order valence-corrected chi connectivity index (χ3v) is 4.69. The lowest BCUT2D eigenvalue weighted by Crippen LogP contribution is -2.46. The first-order valence-electron chi connectivity index (χ1n) is 8.96. The van der Waals surface area contributed by atoms with Crippen molar-refractivity contribution in [3.8, 4) is 0 Å². The molecule has 0 aromatic carbocycles. The summed E-state index contributed by atoms with van der Waals surface area (Å²) >= 11 is 0. The third kappa shape index (κ3) is 4.47. The van der Waals surface area contributed by atoms with Gasteiger partial charge in [0.1, 0.15) is 18.2 Å². The van der Waals surface area contributed by atoms with Gasteiger partial charge in [0.05, 0.1) is 13.2 Å². The summed E-state index contributed by atoms with van der Waals surface area (Å²) in [5, 5.41) is 0. The Labute approximate surface area is 154 Å². The van der Waals surface area contributed by atoms with E-state index < -0.39 is 23.7 Å². The molecular weight excluding hydrogens is 340 g/mol. The summed E-state index contributed by atoms with van der Waals surface area (Å²) in [5.41, 5.74) is -0.952. The first-order valence-corrected chi connectivity index (χ1v) is 8.96. The second-order valence-electron chi connectivity index (χ2n) is 8.22. The highest BCUT2D eigenvalue weighted by Gasteiger charge is 2.68. The minimum Gasteiger partial charge on any atom is -0.464 e. The molecule has 26 heavy (non-hydrogen) atoms. The van der Waals surface area contributed by atoms with Crippen molar-refractivity contribution < 1.29 is 28.6 Å². The smallest absolute Gasteiger partial charge is 0.411 e. The maximum atomic E-state index is 12.6. The number of esters is 1. The van der Waals surface area contributed by atoms with E-state index in [4.69, 9.17) is 14.2 Å². The van der Waals surface area contributed by atoms with Gasteiger partial charge in [-0.25, -0.2) is 9.59 Å². The fourth-order valence-electron chi connectivity index (χ4n) is 3.33. The number of hydrogen-bond donors (Lipinski definition) is 0. The minimum absolute atomic E-state index is 0.0159. The fraction of sp³-hybridized carbons (Fsp3) is 0.833. The second kappa shape index (κ2) is 7.42. The van der Waals surface area contributed by atoms with Crippen LogP contribution >= 0.6 is 0 Å². The highest BCUT2D eigenvalue weighted by atomic mass is 16.6. The summed E-state index contributed by atoms with van der Waals surface area (Å²) < 4.78 is 16.2. The van der Waals surface area contributed by atoms with E-state index in [0.717, 1.165) is 6.42 Å². The highest BCUT2D eigenvalue weighted by molar-refractivity contribution is 5.83. The number of fused-ring (bicyclic) bond motifs is 1. The lowest BCUT2D eigenvalue weighted by Gasteiger charge is -2.29. The molecule has 8 nitrogen and oxygen atoms in total. The summed E-state index contributed by atoms with van der Waals surface area (Å²) in [5.74, 6) is -0.545. The predicted octanol–water partition coefficient (Wildman–Crippen LogP) is 1.42. The van der Waals surface area contributed by atoms with Crippen molar-refractivity contribution >= 4 is 18.0 Å². The molecule has 1 heterocycles. The van der Waals surface area contributed by atoms with Crippen LogP contribution in [-0.4, -0.2) is 79.4 Å². The van der Waals surface area contributed by atoms with Crippen LogP contribution in [-0.2, 0) is 23.8 Å². The quantitative estimate of drug-likeness (QED) is 0.658. The van der Waals surface area contributed by atoms with E-state index in [1.165, 1.54) is 9.80 Å². The SMILES string of the molecule is CCOC(=O)[C@@H]1C[C@@]2(COCC(=O)N(C)C)CC2N1C(=O)OC(C)(C)C. The molecule has 0 radical (unpaired) electrons. The molecule has 0 bridgehead atoms. The van der Waals surface area contributed by atoms with Gasteiger partial charge in [-0.2, -0.15) is 0 Å². The Morgan fingerprint density at radius 2 is 1.85 bits per heavy atom. The first-order chi connectivity index (χ1) is 12.0. The van der Waals surface area contributed by atoms with E-state index in [9.17, 15) is 14.4 Å². The fourth-order valence-corrected chi connectivity index (χ4v) is 3.33. The van der Waals surface area contributed by atoms with Crippen molar-refractivity contribution in [3.05, 3.63) is 0 Å². The molecule has 0 spiro atoms. The van der Waals surface area contributed by atoms with Crippen LogP contribution in [0.2, 0.25) is 0 Å². The van der Waals surface area contributed by atoms with Crippen LogP contribution in [0.5, 0.6) is 0 Å². The Morgan fingerprint density at radius 3 is 2.38 bits per heavy atom. The van der Waals surface area contributed by atoms with E-state index >= 15 is 0 Å². The van der Waals surface area contributed by atoms with Gasteiger partial charge in [0.15, 0.2) is 0 Å². The van der Waals surface area contributed by atoms with Gasteiger partial charge in [0.2, 0.25) is 5.91 Å². The average molecular weight is 370 g/mol. The third-order valence-electron chi connectivity index (χ3n) is 4.69. The zero-order chi connectivity index (χ0) is 19.7. The molecule has 1 unspecified atom stereocenters. The Kier molecular flexibility index (Phi) is 5.85. The van der Waals surface area contributed by atoms with Crippen LogP contribution in [0.15, 0.2) is 0 Å². The minimum atomic E-state index is -0.670. The number of rotatable bonds is 6. The Morgan fingerprint density at radius 1 is 1.19 bits per heavy atom. The number of piperidine rings is 1. The Balaban J connectivity index is 2.05. The number of nitrogens with zero attached hydrogens (tertiary/aromatic N) is 2. The maximum Gasteiger partial charge on any atom is 0.411 e. The van der Waals surface area contributed by atoms with Crippen molar-refractivity contribution in [2.75, 3.05) is 33.9 Å². The molecule has 0 N–H and O–H groups in total. The van der Waals surface area contributed by atoms with Gasteiger partial charge in [0, 0.05) is 25.6 Å². The largest absolute Gasteiger partial charge is 0.464 e. The molecule has 8 heteroatoms. The molecule has 148 valence electrons. The number of likely N-dealkylation sites (N-methyl/N-ethyl adjacent to an activating group) is 1. The van der Waals surface area contributed by atoms with Crippen molar-refractivity contribution in [2.45, 2.75) is 58.2 Å². The first kappa shape index (κ1) is 20.5. The molecule has 2 aliphatic rings. The molecule has 0 aromatic rings. The zero-order valence-corrected chi connectivity index (χ0v) is 16.5. The molecule has 2 rings (SSSR count). The zero-order valence-electron chi connectivity index (χ0n) is 16.5. The molecule has 1 aliphatic carbocycles. The lowest BCUT2D eigenvalue weighted by atomic mass is 10.0. The van der Waals surface area contributed by atoms with E-state index in [0.29, 0.717) is 13.0 Å². The van der Waals surface area contributed by atoms with Crippen LogP contribution in [0.4, 0.5) is 4.79 Å². The van der Waals surface area contributed by atoms with Crippen molar-refractivity contribution in [1.29, 1.82) is 0 Å². The summed E-state index contributed by atoms with van der Waals surface area (Å²) in [7, 11) is 3.33. The number of ether oxygens (including phenoxy) is 3. The average Bonchev–Trinajstić information content (AvgIpc) is 3.09. The van der Waals surface area contributed by atoms with Crippen LogP contribution < -0.4 is 0 Å². The van der Waals surface area contributed by atoms with Crippen LogP contribution in [0.1, 0.15) is 40.5 Å². The molecule has 2 fully saturated rings. The van der Waals surface area contributed by atoms with Crippen LogP contribution in [0.25, 0.3) is 0 Å². The molecule has 2 amide bonds. The Bertz CT molecular complexity index is 571. The van der Waals surface area contributed by atoms with Gasteiger partial charge in [-0.15, -0.1) is 0 Å². The molecule has 1 aliphatic heterocycles. The summed E-state index contributed by atoms with van der Waals surface area (Å²) in [6, 6.07) is -0.794. The van der Waals surface area contributed by atoms with E-state index in [1.54, 1.807) is 41.8 Å². The summed E-state index contributed by atoms with van der Waals surface area (Å²) in [6.45, 7) is 7.66. The number of hydrogen-bond acceptors (Lipinski definition) is 6. The number of carbonyl (C=O) groups is 3. The number of likely N-dealkylation sites (tertiary alicyclic amines) is 1. The molecule has 0 aromatic heterocycles. The van der Waals surface area contributed by atoms with Crippen LogP contribution in [0.3, 0.4) is 0 Å². The normalized spacial score (nSPS) is 26.9. The summed E-state index contributed by atoms with van der Waals surface area (Å²) in [6.07, 6.45) is 0.689. The topological polar surface area (TPSA) is 85.4 Å². The van der Waals surface area contributed by atoms with Gasteiger partial charge < -0.3 is 19.1 Å². The predicted molar refractivity (Wildman–Crippen MR) is 93.5 cm³/mol. The maximum absolute atomic E-state index is 12.6. The van der Waals surface area contributed by atoms with Crippen LogP contribution in [0, 0.1) is 5.41 Å². The van der Waals surface area contributed by atoms with Crippen molar-refractivity contribution in [2.24, 2.45) is 5.41 Å². The van der Waals surface area contributed by atoms with Gasteiger partial charge >= 0.3 is 12.1 Å². The van der Waals surface area contributed by atoms with Crippen molar-refractivity contribution in [1.82, 2.24) is 9.80 Å². The van der Waals surface area contributed by atoms with Gasteiger partial charge in [-0.3, -0.25) is 9.69 Å². The Hall–Kier alpha value is -1.83. The second-order valence-corrected chi connectivity index (χ2v) is 8.22. The number of carbonyl (C=O) groups excluding carboxylic acids is 3. The number of amides is 2. The van der Waals surface area contributed by atoms with Gasteiger partial charge in [-0.05, 0) is 40.5 Å². The van der Waals surface area contributed by atoms with E-state index in [1.807, 2.05) is 0 Å². The molecule has 3 atom stereocenters. The molecule has 1 saturated carbocycles. The van der Waals surface area contributed by atoms with Gasteiger partial charge in [-0.1, -0.05) is 0 Å².